The van der Waals surface area contributed by atoms with Crippen LogP contribution < -0.4 is 10.1 Å². The highest BCUT2D eigenvalue weighted by Gasteiger charge is 2.21. The highest BCUT2D eigenvalue weighted by molar-refractivity contribution is 5.85. The maximum Gasteiger partial charge on any atom is 0.343 e. The summed E-state index contributed by atoms with van der Waals surface area (Å²) in [4.78, 5) is 24.2. The molecule has 0 aliphatic carbocycles. The van der Waals surface area contributed by atoms with Gasteiger partial charge >= 0.3 is 11.7 Å². The number of hydrogen-bond donors (Lipinski definition) is 1. The van der Waals surface area contributed by atoms with Crippen LogP contribution in [-0.2, 0) is 16.1 Å². The van der Waals surface area contributed by atoms with E-state index in [4.69, 9.17) is 4.74 Å². The van der Waals surface area contributed by atoms with E-state index in [-0.39, 0.29) is 30.5 Å². The molecule has 0 spiro atoms. The molecule has 1 aromatic rings. The number of likely N-dealkylation sites (tertiary alicyclic amines) is 1. The van der Waals surface area contributed by atoms with Gasteiger partial charge in [-0.3, -0.25) is 15.0 Å². The summed E-state index contributed by atoms with van der Waals surface area (Å²) in [5.74, 6) is -0.513. The molecule has 0 saturated carbocycles. The fraction of sp³-hybridized carbons (Fsp3) is 0.562. The van der Waals surface area contributed by atoms with Crippen LogP contribution in [0.2, 0.25) is 0 Å². The molecule has 1 saturated heterocycles. The van der Waals surface area contributed by atoms with E-state index < -0.39 is 10.9 Å². The van der Waals surface area contributed by atoms with Gasteiger partial charge in [-0.2, -0.15) is 0 Å². The number of piperidine rings is 1. The standard InChI is InChI=1S/C16H23N3O5.ClH/c1-17-13-4-3-7-18(10-13)9-12-5-6-15(14(8-12)19(21)22)24-11-16(20)23-2;/h5-6,8,13,17H,3-4,7,9-11H2,1-2H3;1H. The van der Waals surface area contributed by atoms with Crippen LogP contribution in [0, 0.1) is 10.1 Å². The molecule has 0 bridgehead atoms. The van der Waals surface area contributed by atoms with Gasteiger partial charge in [0, 0.05) is 25.2 Å². The topological polar surface area (TPSA) is 93.9 Å². The predicted molar refractivity (Wildman–Crippen MR) is 95.2 cm³/mol. The number of nitro benzene ring substituents is 1. The Balaban J connectivity index is 0.00000312. The first kappa shape index (κ1) is 21.1. The summed E-state index contributed by atoms with van der Waals surface area (Å²) < 4.78 is 9.66. The van der Waals surface area contributed by atoms with Crippen molar-refractivity contribution in [1.82, 2.24) is 10.2 Å². The molecule has 1 fully saturated rings. The Morgan fingerprint density at radius 2 is 2.24 bits per heavy atom. The van der Waals surface area contributed by atoms with E-state index in [1.165, 1.54) is 19.2 Å². The van der Waals surface area contributed by atoms with Crippen LogP contribution in [-0.4, -0.2) is 55.7 Å². The van der Waals surface area contributed by atoms with Crippen LogP contribution in [0.15, 0.2) is 18.2 Å². The van der Waals surface area contributed by atoms with Crippen LogP contribution in [0.4, 0.5) is 5.69 Å². The van der Waals surface area contributed by atoms with E-state index in [0.29, 0.717) is 12.6 Å². The third kappa shape index (κ3) is 6.15. The Hall–Kier alpha value is -1.90. The van der Waals surface area contributed by atoms with Crippen LogP contribution in [0.1, 0.15) is 18.4 Å². The number of rotatable bonds is 7. The van der Waals surface area contributed by atoms with Gasteiger partial charge < -0.3 is 14.8 Å². The highest BCUT2D eigenvalue weighted by Crippen LogP contribution is 2.29. The lowest BCUT2D eigenvalue weighted by molar-refractivity contribution is -0.385. The first-order valence-electron chi connectivity index (χ1n) is 7.90. The van der Waals surface area contributed by atoms with Gasteiger partial charge in [-0.25, -0.2) is 4.79 Å². The molecule has 8 nitrogen and oxygen atoms in total. The number of esters is 1. The van der Waals surface area contributed by atoms with E-state index >= 15 is 0 Å². The minimum absolute atomic E-state index is 0. The monoisotopic (exact) mass is 373 g/mol. The number of nitrogens with zero attached hydrogens (tertiary/aromatic N) is 2. The molecule has 25 heavy (non-hydrogen) atoms. The van der Waals surface area contributed by atoms with Crippen molar-refractivity contribution in [3.63, 3.8) is 0 Å². The Morgan fingerprint density at radius 3 is 2.88 bits per heavy atom. The number of ether oxygens (including phenoxy) is 2. The number of halogens is 1. The summed E-state index contributed by atoms with van der Waals surface area (Å²) in [5.41, 5.74) is 0.711. The molecule has 1 aromatic carbocycles. The predicted octanol–water partition coefficient (Wildman–Crippen LogP) is 1.75. The zero-order valence-corrected chi connectivity index (χ0v) is 15.2. The van der Waals surface area contributed by atoms with Gasteiger partial charge in [-0.1, -0.05) is 6.07 Å². The normalized spacial score (nSPS) is 17.4. The summed E-state index contributed by atoms with van der Waals surface area (Å²) in [5, 5.41) is 14.5. The number of nitrogens with one attached hydrogen (secondary N) is 1. The van der Waals surface area contributed by atoms with Crippen molar-refractivity contribution in [1.29, 1.82) is 0 Å². The third-order valence-electron chi connectivity index (χ3n) is 4.11. The van der Waals surface area contributed by atoms with Gasteiger partial charge in [0.15, 0.2) is 12.4 Å². The van der Waals surface area contributed by atoms with Gasteiger partial charge in [0.25, 0.3) is 0 Å². The number of methoxy groups -OCH3 is 1. The first-order chi connectivity index (χ1) is 11.5. The lowest BCUT2D eigenvalue weighted by Gasteiger charge is -2.32. The third-order valence-corrected chi connectivity index (χ3v) is 4.11. The molecule has 1 N–H and O–H groups in total. The lowest BCUT2D eigenvalue weighted by atomic mass is 10.0. The molecule has 0 aromatic heterocycles. The second-order valence-electron chi connectivity index (χ2n) is 5.79. The largest absolute Gasteiger partial charge is 0.475 e. The Morgan fingerprint density at radius 1 is 1.48 bits per heavy atom. The molecule has 0 amide bonds. The van der Waals surface area contributed by atoms with Crippen LogP contribution >= 0.6 is 12.4 Å². The van der Waals surface area contributed by atoms with Crippen molar-refractivity contribution in [3.8, 4) is 5.75 Å². The molecule has 1 unspecified atom stereocenters. The lowest BCUT2D eigenvalue weighted by Crippen LogP contribution is -2.43. The van der Waals surface area contributed by atoms with Gasteiger partial charge in [0.2, 0.25) is 0 Å². The van der Waals surface area contributed by atoms with Gasteiger partial charge in [-0.15, -0.1) is 12.4 Å². The summed E-state index contributed by atoms with van der Waals surface area (Å²) in [7, 11) is 3.19. The molecule has 0 radical (unpaired) electrons. The van der Waals surface area contributed by atoms with E-state index in [9.17, 15) is 14.9 Å². The molecular formula is C16H24ClN3O5. The Labute approximate surface area is 153 Å². The summed E-state index contributed by atoms with van der Waals surface area (Å²) in [6, 6.07) is 5.30. The van der Waals surface area contributed by atoms with Crippen molar-refractivity contribution >= 4 is 24.1 Å². The minimum atomic E-state index is -0.584. The van der Waals surface area contributed by atoms with Crippen LogP contribution in [0.5, 0.6) is 5.75 Å². The van der Waals surface area contributed by atoms with Crippen molar-refractivity contribution in [2.45, 2.75) is 25.4 Å². The smallest absolute Gasteiger partial charge is 0.343 e. The number of hydrogen-bond acceptors (Lipinski definition) is 7. The van der Waals surface area contributed by atoms with Gasteiger partial charge in [-0.05, 0) is 38.1 Å². The second kappa shape index (κ2) is 10.2. The Bertz CT molecular complexity index is 599. The van der Waals surface area contributed by atoms with E-state index in [2.05, 4.69) is 15.0 Å². The molecule has 1 aliphatic rings. The number of carbonyl (C=O) groups is 1. The van der Waals surface area contributed by atoms with Crippen molar-refractivity contribution < 1.29 is 19.2 Å². The van der Waals surface area contributed by atoms with Crippen LogP contribution in [0.25, 0.3) is 0 Å². The molecule has 1 heterocycles. The van der Waals surface area contributed by atoms with Crippen molar-refractivity contribution in [2.24, 2.45) is 0 Å². The van der Waals surface area contributed by atoms with Gasteiger partial charge in [0.1, 0.15) is 0 Å². The number of benzene rings is 1. The van der Waals surface area contributed by atoms with Crippen molar-refractivity contribution in [3.05, 3.63) is 33.9 Å². The summed E-state index contributed by atoms with van der Waals surface area (Å²) >= 11 is 0. The first-order valence-corrected chi connectivity index (χ1v) is 7.90. The maximum atomic E-state index is 11.3. The zero-order valence-electron chi connectivity index (χ0n) is 14.4. The highest BCUT2D eigenvalue weighted by atomic mass is 35.5. The van der Waals surface area contributed by atoms with E-state index in [1.807, 2.05) is 7.05 Å². The van der Waals surface area contributed by atoms with E-state index in [1.54, 1.807) is 6.07 Å². The average Bonchev–Trinajstić information content (AvgIpc) is 2.60. The van der Waals surface area contributed by atoms with Crippen LogP contribution in [0.3, 0.4) is 0 Å². The molecule has 1 atom stereocenters. The zero-order chi connectivity index (χ0) is 17.5. The number of carbonyl (C=O) groups excluding carboxylic acids is 1. The number of likely N-dealkylation sites (N-methyl/N-ethyl adjacent to an activating group) is 1. The fourth-order valence-corrected chi connectivity index (χ4v) is 2.81. The SMILES string of the molecule is CNC1CCCN(Cc2ccc(OCC(=O)OC)c([N+](=O)[O-])c2)C1.Cl. The minimum Gasteiger partial charge on any atom is -0.475 e. The Kier molecular flexibility index (Phi) is 8.60. The number of nitro groups is 1. The van der Waals surface area contributed by atoms with Crippen molar-refractivity contribution in [2.75, 3.05) is 33.9 Å². The average molecular weight is 374 g/mol. The summed E-state index contributed by atoms with van der Waals surface area (Å²) in [6.45, 7) is 2.19. The molecular weight excluding hydrogens is 350 g/mol. The molecule has 140 valence electrons. The molecule has 9 heteroatoms. The summed E-state index contributed by atoms with van der Waals surface area (Å²) in [6.07, 6.45) is 2.25. The molecule has 1 aliphatic heterocycles. The van der Waals surface area contributed by atoms with E-state index in [0.717, 1.165) is 31.5 Å². The fourth-order valence-electron chi connectivity index (χ4n) is 2.81. The maximum absolute atomic E-state index is 11.3. The quantitative estimate of drug-likeness (QED) is 0.442. The second-order valence-corrected chi connectivity index (χ2v) is 5.79. The van der Waals surface area contributed by atoms with Gasteiger partial charge in [0.05, 0.1) is 12.0 Å². The molecule has 2 rings (SSSR count).